The van der Waals surface area contributed by atoms with Gasteiger partial charge in [0.15, 0.2) is 0 Å². The Balaban J connectivity index is 1.83. The molecule has 30 heavy (non-hydrogen) atoms. The molecule has 3 aromatic carbocycles. The van der Waals surface area contributed by atoms with Crippen LogP contribution in [0.15, 0.2) is 71.6 Å². The van der Waals surface area contributed by atoms with Crippen molar-refractivity contribution in [2.75, 3.05) is 17.1 Å². The Kier molecular flexibility index (Phi) is 6.77. The number of sulfonamides is 1. The molecule has 6 nitrogen and oxygen atoms in total. The quantitative estimate of drug-likeness (QED) is 0.545. The Labute approximate surface area is 180 Å². The normalized spacial score (nSPS) is 11.2. The van der Waals surface area contributed by atoms with Crippen LogP contribution in [0, 0.1) is 6.92 Å². The number of methoxy groups -OCH3 is 1. The van der Waals surface area contributed by atoms with Crippen molar-refractivity contribution in [1.82, 2.24) is 0 Å². The average molecular weight is 445 g/mol. The zero-order valence-corrected chi connectivity index (χ0v) is 18.0. The predicted octanol–water partition coefficient (Wildman–Crippen LogP) is 4.85. The van der Waals surface area contributed by atoms with Gasteiger partial charge in [-0.05, 0) is 66.6 Å². The van der Waals surface area contributed by atoms with E-state index < -0.39 is 10.0 Å². The number of anilines is 2. The first-order valence-electron chi connectivity index (χ1n) is 9.07. The molecule has 3 aromatic rings. The maximum atomic E-state index is 12.9. The average Bonchev–Trinajstić information content (AvgIpc) is 2.71. The highest BCUT2D eigenvalue weighted by Gasteiger charge is 2.18. The maximum absolute atomic E-state index is 12.9. The maximum Gasteiger partial charge on any atom is 0.262 e. The minimum atomic E-state index is -3.85. The van der Waals surface area contributed by atoms with E-state index in [0.717, 1.165) is 5.56 Å². The summed E-state index contributed by atoms with van der Waals surface area (Å²) in [4.78, 5) is 12.7. The molecule has 0 saturated carbocycles. The van der Waals surface area contributed by atoms with Gasteiger partial charge in [-0.15, -0.1) is 0 Å². The molecule has 0 atom stereocenters. The lowest BCUT2D eigenvalue weighted by molar-refractivity contribution is 0.102. The first-order valence-corrected chi connectivity index (χ1v) is 10.9. The lowest BCUT2D eigenvalue weighted by atomic mass is 10.1. The Hall–Kier alpha value is -2.87. The van der Waals surface area contributed by atoms with Crippen molar-refractivity contribution in [3.05, 3.63) is 88.4 Å². The fraction of sp³-hybridized carbons (Fsp3) is 0.136. The highest BCUT2D eigenvalue weighted by molar-refractivity contribution is 7.92. The van der Waals surface area contributed by atoms with E-state index >= 15 is 0 Å². The fourth-order valence-electron chi connectivity index (χ4n) is 2.87. The van der Waals surface area contributed by atoms with E-state index in [4.69, 9.17) is 16.3 Å². The molecule has 0 aromatic heterocycles. The summed E-state index contributed by atoms with van der Waals surface area (Å²) < 4.78 is 33.3. The molecule has 2 N–H and O–H groups in total. The number of carbonyl (C=O) groups excluding carboxylic acids is 1. The summed E-state index contributed by atoms with van der Waals surface area (Å²) in [6, 6.07) is 18.1. The molecule has 0 spiro atoms. The molecule has 0 fully saturated rings. The van der Waals surface area contributed by atoms with E-state index in [0.29, 0.717) is 34.1 Å². The van der Waals surface area contributed by atoms with E-state index in [2.05, 4.69) is 10.0 Å². The van der Waals surface area contributed by atoms with E-state index in [1.54, 1.807) is 68.6 Å². The monoisotopic (exact) mass is 444 g/mol. The smallest absolute Gasteiger partial charge is 0.262 e. The van der Waals surface area contributed by atoms with Gasteiger partial charge in [-0.25, -0.2) is 8.42 Å². The van der Waals surface area contributed by atoms with Gasteiger partial charge in [0.2, 0.25) is 0 Å². The van der Waals surface area contributed by atoms with Gasteiger partial charge in [0, 0.05) is 29.1 Å². The number of carbonyl (C=O) groups is 1. The number of aryl methyl sites for hydroxylation is 1. The lowest BCUT2D eigenvalue weighted by Gasteiger charge is -2.13. The summed E-state index contributed by atoms with van der Waals surface area (Å²) in [6.07, 6.45) is 0. The second-order valence-corrected chi connectivity index (χ2v) is 8.77. The SMILES string of the molecule is COCc1cccc(C(=O)Nc2ccc(C)c(S(=O)(=O)Nc3ccc(Cl)cc3)c2)c1. The van der Waals surface area contributed by atoms with Gasteiger partial charge >= 0.3 is 0 Å². The number of halogens is 1. The van der Waals surface area contributed by atoms with Crippen LogP contribution < -0.4 is 10.0 Å². The molecule has 0 unspecified atom stereocenters. The van der Waals surface area contributed by atoms with Crippen LogP contribution in [-0.4, -0.2) is 21.4 Å². The minimum absolute atomic E-state index is 0.0726. The Bertz CT molecular complexity index is 1160. The zero-order valence-electron chi connectivity index (χ0n) is 16.5. The molecule has 0 aliphatic rings. The van der Waals surface area contributed by atoms with E-state index in [1.165, 1.54) is 6.07 Å². The number of hydrogen-bond acceptors (Lipinski definition) is 4. The largest absolute Gasteiger partial charge is 0.380 e. The number of benzene rings is 3. The molecular weight excluding hydrogens is 424 g/mol. The van der Waals surface area contributed by atoms with Crippen LogP contribution in [0.3, 0.4) is 0 Å². The third kappa shape index (κ3) is 5.38. The van der Waals surface area contributed by atoms with Crippen LogP contribution in [-0.2, 0) is 21.4 Å². The van der Waals surface area contributed by atoms with Crippen molar-refractivity contribution in [1.29, 1.82) is 0 Å². The molecule has 0 heterocycles. The summed E-state index contributed by atoms with van der Waals surface area (Å²) in [5.41, 5.74) is 2.64. The Morgan fingerprint density at radius 3 is 2.40 bits per heavy atom. The zero-order chi connectivity index (χ0) is 21.7. The molecule has 0 saturated heterocycles. The molecule has 0 aliphatic heterocycles. The van der Waals surface area contributed by atoms with Crippen LogP contribution in [0.1, 0.15) is 21.5 Å². The fourth-order valence-corrected chi connectivity index (χ4v) is 4.32. The number of nitrogens with one attached hydrogen (secondary N) is 2. The van der Waals surface area contributed by atoms with Crippen LogP contribution in [0.2, 0.25) is 5.02 Å². The number of ether oxygens (including phenoxy) is 1. The summed E-state index contributed by atoms with van der Waals surface area (Å²) in [7, 11) is -2.27. The van der Waals surface area contributed by atoms with Crippen LogP contribution in [0.5, 0.6) is 0 Å². The van der Waals surface area contributed by atoms with Crippen molar-refractivity contribution < 1.29 is 17.9 Å². The van der Waals surface area contributed by atoms with Gasteiger partial charge in [0.1, 0.15) is 0 Å². The molecular formula is C22H21ClN2O4S. The van der Waals surface area contributed by atoms with Gasteiger partial charge in [-0.1, -0.05) is 29.8 Å². The molecule has 156 valence electrons. The number of hydrogen-bond donors (Lipinski definition) is 2. The summed E-state index contributed by atoms with van der Waals surface area (Å²) in [5.74, 6) is -0.342. The highest BCUT2D eigenvalue weighted by Crippen LogP contribution is 2.24. The minimum Gasteiger partial charge on any atom is -0.380 e. The van der Waals surface area contributed by atoms with Gasteiger partial charge in [-0.3, -0.25) is 9.52 Å². The van der Waals surface area contributed by atoms with E-state index in [-0.39, 0.29) is 10.8 Å². The van der Waals surface area contributed by atoms with Crippen molar-refractivity contribution in [3.8, 4) is 0 Å². The number of rotatable bonds is 7. The molecule has 1 amide bonds. The molecule has 0 bridgehead atoms. The molecule has 3 rings (SSSR count). The van der Waals surface area contributed by atoms with Crippen LogP contribution in [0.25, 0.3) is 0 Å². The summed E-state index contributed by atoms with van der Waals surface area (Å²) in [6.45, 7) is 2.08. The van der Waals surface area contributed by atoms with Crippen LogP contribution in [0.4, 0.5) is 11.4 Å². The van der Waals surface area contributed by atoms with Crippen LogP contribution >= 0.6 is 11.6 Å². The standard InChI is InChI=1S/C22H21ClN2O4S/c1-15-6-9-20(24-22(26)17-5-3-4-16(12-17)14-29-2)13-21(15)30(27,28)25-19-10-7-18(23)8-11-19/h3-13,25H,14H2,1-2H3,(H,24,26). The second-order valence-electron chi connectivity index (χ2n) is 6.68. The molecule has 0 aliphatic carbocycles. The van der Waals surface area contributed by atoms with Gasteiger partial charge in [0.05, 0.1) is 11.5 Å². The number of amides is 1. The van der Waals surface area contributed by atoms with Crippen molar-refractivity contribution in [3.63, 3.8) is 0 Å². The van der Waals surface area contributed by atoms with Gasteiger partial charge in [0.25, 0.3) is 15.9 Å². The first kappa shape index (κ1) is 21.8. The van der Waals surface area contributed by atoms with Gasteiger partial charge < -0.3 is 10.1 Å². The summed E-state index contributed by atoms with van der Waals surface area (Å²) in [5, 5.41) is 3.26. The topological polar surface area (TPSA) is 84.5 Å². The van der Waals surface area contributed by atoms with Gasteiger partial charge in [-0.2, -0.15) is 0 Å². The summed E-state index contributed by atoms with van der Waals surface area (Å²) >= 11 is 5.85. The molecule has 0 radical (unpaired) electrons. The van der Waals surface area contributed by atoms with Crippen molar-refractivity contribution >= 4 is 38.9 Å². The van der Waals surface area contributed by atoms with E-state index in [9.17, 15) is 13.2 Å². The molecule has 8 heteroatoms. The first-order chi connectivity index (χ1) is 14.3. The van der Waals surface area contributed by atoms with Crippen molar-refractivity contribution in [2.45, 2.75) is 18.4 Å². The third-order valence-corrected chi connectivity index (χ3v) is 6.11. The third-order valence-electron chi connectivity index (χ3n) is 4.33. The highest BCUT2D eigenvalue weighted by atomic mass is 35.5. The van der Waals surface area contributed by atoms with E-state index in [1.807, 2.05) is 6.07 Å². The second kappa shape index (κ2) is 9.30. The lowest BCUT2D eigenvalue weighted by Crippen LogP contribution is -2.16. The Morgan fingerprint density at radius 1 is 1.00 bits per heavy atom. The van der Waals surface area contributed by atoms with Crippen molar-refractivity contribution in [2.24, 2.45) is 0 Å². The predicted molar refractivity (Wildman–Crippen MR) is 119 cm³/mol. The Morgan fingerprint density at radius 2 is 1.70 bits per heavy atom.